The molecule has 1 N–H and O–H groups in total. The summed E-state index contributed by atoms with van der Waals surface area (Å²) in [4.78, 5) is 3.87. The Kier molecular flexibility index (Phi) is 4.79. The van der Waals surface area contributed by atoms with E-state index in [4.69, 9.17) is 4.74 Å². The quantitative estimate of drug-likeness (QED) is 0.916. The van der Waals surface area contributed by atoms with E-state index in [1.807, 2.05) is 20.8 Å². The molecule has 0 amide bonds. The van der Waals surface area contributed by atoms with Gasteiger partial charge in [0, 0.05) is 24.3 Å². The standard InChI is InChI=1S/C13H19F3N2O/c1-9(13(14,15)16)19-11-6-5-10(7-17-11)8-18-12(2,3)4/h5-7,9,18H,8H2,1-4H3. The van der Waals surface area contributed by atoms with Gasteiger partial charge in [-0.15, -0.1) is 0 Å². The van der Waals surface area contributed by atoms with Crippen LogP contribution >= 0.6 is 0 Å². The monoisotopic (exact) mass is 276 g/mol. The van der Waals surface area contributed by atoms with E-state index in [1.165, 1.54) is 12.3 Å². The van der Waals surface area contributed by atoms with Crippen molar-refractivity contribution in [2.45, 2.75) is 52.1 Å². The first kappa shape index (κ1) is 15.8. The van der Waals surface area contributed by atoms with Gasteiger partial charge in [0.15, 0.2) is 6.10 Å². The van der Waals surface area contributed by atoms with Crippen LogP contribution in [0.2, 0.25) is 0 Å². The highest BCUT2D eigenvalue weighted by Gasteiger charge is 2.38. The van der Waals surface area contributed by atoms with Crippen LogP contribution in [0.15, 0.2) is 18.3 Å². The molecule has 0 aliphatic carbocycles. The third kappa shape index (κ3) is 5.92. The Morgan fingerprint density at radius 3 is 2.32 bits per heavy atom. The summed E-state index contributed by atoms with van der Waals surface area (Å²) in [6, 6.07) is 3.14. The average molecular weight is 276 g/mol. The summed E-state index contributed by atoms with van der Waals surface area (Å²) < 4.78 is 41.6. The van der Waals surface area contributed by atoms with Gasteiger partial charge in [-0.3, -0.25) is 0 Å². The van der Waals surface area contributed by atoms with E-state index in [-0.39, 0.29) is 11.4 Å². The Balaban J connectivity index is 2.57. The molecule has 0 spiro atoms. The lowest BCUT2D eigenvalue weighted by Gasteiger charge is -2.20. The van der Waals surface area contributed by atoms with Crippen LogP contribution in [0, 0.1) is 0 Å². The van der Waals surface area contributed by atoms with Crippen molar-refractivity contribution in [3.8, 4) is 5.88 Å². The Labute approximate surface area is 111 Å². The summed E-state index contributed by atoms with van der Waals surface area (Å²) in [5, 5.41) is 3.26. The van der Waals surface area contributed by atoms with Crippen molar-refractivity contribution < 1.29 is 17.9 Å². The predicted molar refractivity (Wildman–Crippen MR) is 67.0 cm³/mol. The van der Waals surface area contributed by atoms with Crippen LogP contribution in [-0.2, 0) is 6.54 Å². The molecular weight excluding hydrogens is 257 g/mol. The lowest BCUT2D eigenvalue weighted by molar-refractivity contribution is -0.189. The molecule has 0 aromatic carbocycles. The first-order valence-electron chi connectivity index (χ1n) is 6.01. The highest BCUT2D eigenvalue weighted by Crippen LogP contribution is 2.23. The maximum Gasteiger partial charge on any atom is 0.425 e. The van der Waals surface area contributed by atoms with Gasteiger partial charge in [-0.1, -0.05) is 6.07 Å². The number of pyridine rings is 1. The van der Waals surface area contributed by atoms with Crippen molar-refractivity contribution in [3.05, 3.63) is 23.9 Å². The van der Waals surface area contributed by atoms with E-state index in [1.54, 1.807) is 6.07 Å². The zero-order chi connectivity index (χ0) is 14.7. The minimum Gasteiger partial charge on any atom is -0.465 e. The third-order valence-corrected chi connectivity index (χ3v) is 2.38. The first-order chi connectivity index (χ1) is 8.58. The van der Waals surface area contributed by atoms with Crippen LogP contribution in [0.25, 0.3) is 0 Å². The highest BCUT2D eigenvalue weighted by molar-refractivity contribution is 5.18. The van der Waals surface area contributed by atoms with Crippen molar-refractivity contribution in [3.63, 3.8) is 0 Å². The van der Waals surface area contributed by atoms with Gasteiger partial charge in [0.05, 0.1) is 0 Å². The second-order valence-electron chi connectivity index (χ2n) is 5.41. The van der Waals surface area contributed by atoms with Crippen LogP contribution < -0.4 is 10.1 Å². The number of rotatable bonds is 4. The minimum atomic E-state index is -4.38. The molecule has 0 fully saturated rings. The van der Waals surface area contributed by atoms with Gasteiger partial charge in [0.25, 0.3) is 0 Å². The fourth-order valence-electron chi connectivity index (χ4n) is 1.20. The molecule has 1 unspecified atom stereocenters. The molecule has 1 rings (SSSR count). The van der Waals surface area contributed by atoms with Gasteiger partial charge in [0.1, 0.15) is 0 Å². The van der Waals surface area contributed by atoms with Gasteiger partial charge in [-0.05, 0) is 33.3 Å². The van der Waals surface area contributed by atoms with Crippen LogP contribution in [0.4, 0.5) is 13.2 Å². The molecule has 3 nitrogen and oxygen atoms in total. The van der Waals surface area contributed by atoms with Crippen LogP contribution in [-0.4, -0.2) is 22.8 Å². The van der Waals surface area contributed by atoms with E-state index in [9.17, 15) is 13.2 Å². The average Bonchev–Trinajstić information content (AvgIpc) is 2.26. The summed E-state index contributed by atoms with van der Waals surface area (Å²) in [5.74, 6) is -0.0238. The van der Waals surface area contributed by atoms with Crippen molar-refractivity contribution >= 4 is 0 Å². The maximum absolute atomic E-state index is 12.3. The third-order valence-electron chi connectivity index (χ3n) is 2.38. The molecule has 0 aliphatic rings. The molecular formula is C13H19F3N2O. The molecule has 1 aromatic heterocycles. The summed E-state index contributed by atoms with van der Waals surface area (Å²) in [6.07, 6.45) is -4.73. The molecule has 1 atom stereocenters. The van der Waals surface area contributed by atoms with Crippen LogP contribution in [0.3, 0.4) is 0 Å². The molecule has 19 heavy (non-hydrogen) atoms. The van der Waals surface area contributed by atoms with E-state index in [2.05, 4.69) is 10.3 Å². The number of ether oxygens (including phenoxy) is 1. The highest BCUT2D eigenvalue weighted by atomic mass is 19.4. The number of hydrogen-bond donors (Lipinski definition) is 1. The molecule has 6 heteroatoms. The summed E-state index contributed by atoms with van der Waals surface area (Å²) in [7, 11) is 0. The number of aromatic nitrogens is 1. The summed E-state index contributed by atoms with van der Waals surface area (Å²) in [5.41, 5.74) is 0.863. The Hall–Kier alpha value is -1.30. The smallest absolute Gasteiger partial charge is 0.425 e. The molecule has 0 saturated carbocycles. The molecule has 0 saturated heterocycles. The van der Waals surface area contributed by atoms with Crippen molar-refractivity contribution in [2.24, 2.45) is 0 Å². The minimum absolute atomic E-state index is 0.0238. The topological polar surface area (TPSA) is 34.1 Å². The van der Waals surface area contributed by atoms with E-state index in [0.717, 1.165) is 12.5 Å². The van der Waals surface area contributed by atoms with Crippen molar-refractivity contribution in [2.75, 3.05) is 0 Å². The number of nitrogens with zero attached hydrogens (tertiary/aromatic N) is 1. The van der Waals surface area contributed by atoms with Crippen LogP contribution in [0.5, 0.6) is 5.88 Å². The Morgan fingerprint density at radius 2 is 1.89 bits per heavy atom. The Bertz CT molecular complexity index is 396. The Morgan fingerprint density at radius 1 is 1.26 bits per heavy atom. The van der Waals surface area contributed by atoms with Gasteiger partial charge >= 0.3 is 6.18 Å². The second-order valence-corrected chi connectivity index (χ2v) is 5.41. The second kappa shape index (κ2) is 5.77. The van der Waals surface area contributed by atoms with Crippen molar-refractivity contribution in [1.82, 2.24) is 10.3 Å². The zero-order valence-corrected chi connectivity index (χ0v) is 11.5. The zero-order valence-electron chi connectivity index (χ0n) is 11.5. The fourth-order valence-corrected chi connectivity index (χ4v) is 1.20. The lowest BCUT2D eigenvalue weighted by atomic mass is 10.1. The number of alkyl halides is 3. The maximum atomic E-state index is 12.3. The summed E-state index contributed by atoms with van der Waals surface area (Å²) >= 11 is 0. The number of halogens is 3. The van der Waals surface area contributed by atoms with E-state index < -0.39 is 12.3 Å². The van der Waals surface area contributed by atoms with Gasteiger partial charge in [-0.25, -0.2) is 4.98 Å². The molecule has 1 aromatic rings. The molecule has 108 valence electrons. The summed E-state index contributed by atoms with van der Waals surface area (Å²) in [6.45, 7) is 7.65. The molecule has 0 radical (unpaired) electrons. The van der Waals surface area contributed by atoms with Crippen LogP contribution in [0.1, 0.15) is 33.3 Å². The fraction of sp³-hybridized carbons (Fsp3) is 0.615. The molecule has 0 aliphatic heterocycles. The SMILES string of the molecule is CC(Oc1ccc(CNC(C)(C)C)cn1)C(F)(F)F. The normalized spacial score (nSPS) is 14.3. The van der Waals surface area contributed by atoms with Crippen molar-refractivity contribution in [1.29, 1.82) is 0 Å². The van der Waals surface area contributed by atoms with Gasteiger partial charge in [-0.2, -0.15) is 13.2 Å². The van der Waals surface area contributed by atoms with Gasteiger partial charge < -0.3 is 10.1 Å². The van der Waals surface area contributed by atoms with Gasteiger partial charge in [0.2, 0.25) is 5.88 Å². The largest absolute Gasteiger partial charge is 0.465 e. The van der Waals surface area contributed by atoms with E-state index in [0.29, 0.717) is 6.54 Å². The number of nitrogens with one attached hydrogen (secondary N) is 1. The lowest BCUT2D eigenvalue weighted by Crippen LogP contribution is -2.35. The predicted octanol–water partition coefficient (Wildman–Crippen LogP) is 3.30. The molecule has 0 bridgehead atoms. The molecule has 1 heterocycles. The van der Waals surface area contributed by atoms with E-state index >= 15 is 0 Å². The number of hydrogen-bond acceptors (Lipinski definition) is 3. The first-order valence-corrected chi connectivity index (χ1v) is 6.01.